The van der Waals surface area contributed by atoms with Crippen LogP contribution >= 0.6 is 0 Å². The fourth-order valence-electron chi connectivity index (χ4n) is 2.96. The molecule has 0 aromatic heterocycles. The van der Waals surface area contributed by atoms with Gasteiger partial charge in [0.2, 0.25) is 0 Å². The molecule has 1 aromatic rings. The van der Waals surface area contributed by atoms with Gasteiger partial charge in [-0.25, -0.2) is 0 Å². The molecule has 114 valence electrons. The van der Waals surface area contributed by atoms with Crippen LogP contribution in [-0.4, -0.2) is 5.60 Å². The van der Waals surface area contributed by atoms with Crippen LogP contribution in [0.5, 0.6) is 5.75 Å². The molecule has 0 aliphatic heterocycles. The van der Waals surface area contributed by atoms with Gasteiger partial charge in [0.05, 0.1) is 0 Å². The molecular formula is C20H28O. The largest absolute Gasteiger partial charge is 0.483 e. The summed E-state index contributed by atoms with van der Waals surface area (Å²) in [5.74, 6) is 2.06. The zero-order valence-electron chi connectivity index (χ0n) is 13.6. The molecule has 0 amide bonds. The molecule has 21 heavy (non-hydrogen) atoms. The molecule has 1 aromatic carbocycles. The summed E-state index contributed by atoms with van der Waals surface area (Å²) in [5, 5.41) is 0. The van der Waals surface area contributed by atoms with E-state index in [9.17, 15) is 0 Å². The molecule has 0 heterocycles. The van der Waals surface area contributed by atoms with Crippen molar-refractivity contribution in [3.05, 3.63) is 54.6 Å². The smallest absolute Gasteiger partial charge is 0.127 e. The van der Waals surface area contributed by atoms with Crippen LogP contribution in [-0.2, 0) is 0 Å². The first-order valence-electron chi connectivity index (χ1n) is 8.16. The van der Waals surface area contributed by atoms with Gasteiger partial charge in [0.15, 0.2) is 0 Å². The second-order valence-electron chi connectivity index (χ2n) is 6.35. The molecule has 1 aliphatic rings. The highest BCUT2D eigenvalue weighted by molar-refractivity contribution is 5.30. The van der Waals surface area contributed by atoms with Crippen LogP contribution in [0, 0.1) is 5.92 Å². The Morgan fingerprint density at radius 1 is 1.33 bits per heavy atom. The van der Waals surface area contributed by atoms with Gasteiger partial charge in [0.25, 0.3) is 0 Å². The standard InChI is InChI=1S/C20H28O/c1-5-16(3)17-12-14-19(15-13-17)21-20(4,6-2)18-10-8-7-9-11-18/h6-8,12-16,18H,2,5,9-11H2,1,3-4H3. The van der Waals surface area contributed by atoms with Crippen LogP contribution in [0.3, 0.4) is 0 Å². The summed E-state index contributed by atoms with van der Waals surface area (Å²) in [6, 6.07) is 8.57. The van der Waals surface area contributed by atoms with Crippen molar-refractivity contribution in [2.24, 2.45) is 5.92 Å². The maximum atomic E-state index is 6.31. The SMILES string of the molecule is C=CC(C)(Oc1ccc(C(C)CC)cc1)C1CC=CCC1. The van der Waals surface area contributed by atoms with Crippen molar-refractivity contribution < 1.29 is 4.74 Å². The van der Waals surface area contributed by atoms with E-state index in [0.29, 0.717) is 11.8 Å². The van der Waals surface area contributed by atoms with Crippen molar-refractivity contribution in [1.82, 2.24) is 0 Å². The fourth-order valence-corrected chi connectivity index (χ4v) is 2.96. The van der Waals surface area contributed by atoms with Gasteiger partial charge in [-0.05, 0) is 62.3 Å². The van der Waals surface area contributed by atoms with Gasteiger partial charge in [-0.1, -0.05) is 44.7 Å². The molecule has 0 spiro atoms. The molecule has 1 aliphatic carbocycles. The van der Waals surface area contributed by atoms with Gasteiger partial charge in [0.1, 0.15) is 11.4 Å². The van der Waals surface area contributed by atoms with Crippen LogP contribution in [0.1, 0.15) is 57.9 Å². The first kappa shape index (κ1) is 15.9. The third kappa shape index (κ3) is 3.78. The van der Waals surface area contributed by atoms with Crippen molar-refractivity contribution in [1.29, 1.82) is 0 Å². The van der Waals surface area contributed by atoms with Crippen molar-refractivity contribution in [3.8, 4) is 5.75 Å². The van der Waals surface area contributed by atoms with Crippen molar-refractivity contribution in [2.75, 3.05) is 0 Å². The Kier molecular flexibility index (Phi) is 5.27. The second kappa shape index (κ2) is 6.98. The number of rotatable bonds is 6. The van der Waals surface area contributed by atoms with Crippen molar-refractivity contribution in [3.63, 3.8) is 0 Å². The third-order valence-electron chi connectivity index (χ3n) is 4.88. The summed E-state index contributed by atoms with van der Waals surface area (Å²) in [6.07, 6.45) is 11.1. The van der Waals surface area contributed by atoms with E-state index in [-0.39, 0.29) is 5.60 Å². The molecule has 0 bridgehead atoms. The molecule has 0 saturated heterocycles. The first-order chi connectivity index (χ1) is 10.1. The molecule has 3 atom stereocenters. The monoisotopic (exact) mass is 284 g/mol. The van der Waals surface area contributed by atoms with Gasteiger partial charge in [0, 0.05) is 5.92 Å². The summed E-state index contributed by atoms with van der Waals surface area (Å²) in [4.78, 5) is 0. The van der Waals surface area contributed by atoms with E-state index in [4.69, 9.17) is 4.74 Å². The summed E-state index contributed by atoms with van der Waals surface area (Å²) in [5.41, 5.74) is 1.09. The van der Waals surface area contributed by atoms with Gasteiger partial charge < -0.3 is 4.74 Å². The summed E-state index contributed by atoms with van der Waals surface area (Å²) in [7, 11) is 0. The summed E-state index contributed by atoms with van der Waals surface area (Å²) in [6.45, 7) is 10.7. The average Bonchev–Trinajstić information content (AvgIpc) is 2.55. The van der Waals surface area contributed by atoms with E-state index in [1.54, 1.807) is 0 Å². The Morgan fingerprint density at radius 2 is 2.05 bits per heavy atom. The number of hydrogen-bond acceptors (Lipinski definition) is 1. The van der Waals surface area contributed by atoms with Gasteiger partial charge in [-0.15, -0.1) is 0 Å². The molecule has 3 unspecified atom stereocenters. The molecule has 0 N–H and O–H groups in total. The Balaban J connectivity index is 2.10. The predicted molar refractivity (Wildman–Crippen MR) is 90.9 cm³/mol. The highest BCUT2D eigenvalue weighted by Crippen LogP contribution is 2.34. The topological polar surface area (TPSA) is 9.23 Å². The van der Waals surface area contributed by atoms with E-state index < -0.39 is 0 Å². The lowest BCUT2D eigenvalue weighted by Gasteiger charge is -2.36. The van der Waals surface area contributed by atoms with E-state index in [1.807, 2.05) is 6.08 Å². The van der Waals surface area contributed by atoms with E-state index >= 15 is 0 Å². The number of hydrogen-bond donors (Lipinski definition) is 0. The minimum atomic E-state index is -0.289. The summed E-state index contributed by atoms with van der Waals surface area (Å²) < 4.78 is 6.31. The highest BCUT2D eigenvalue weighted by Gasteiger charge is 2.33. The maximum absolute atomic E-state index is 6.31. The van der Waals surface area contributed by atoms with Crippen LogP contribution < -0.4 is 4.74 Å². The van der Waals surface area contributed by atoms with Crippen molar-refractivity contribution >= 4 is 0 Å². The minimum Gasteiger partial charge on any atom is -0.483 e. The fraction of sp³-hybridized carbons (Fsp3) is 0.500. The maximum Gasteiger partial charge on any atom is 0.127 e. The highest BCUT2D eigenvalue weighted by atomic mass is 16.5. The second-order valence-corrected chi connectivity index (χ2v) is 6.35. The molecule has 1 heteroatoms. The zero-order chi connectivity index (χ0) is 15.3. The lowest BCUT2D eigenvalue weighted by molar-refractivity contribution is 0.0677. The predicted octanol–water partition coefficient (Wildman–Crippen LogP) is 5.88. The van der Waals surface area contributed by atoms with Gasteiger partial charge in [-0.3, -0.25) is 0 Å². The molecule has 1 nitrogen and oxygen atoms in total. The van der Waals surface area contributed by atoms with Crippen molar-refractivity contribution in [2.45, 2.75) is 58.0 Å². The van der Waals surface area contributed by atoms with Gasteiger partial charge in [-0.2, -0.15) is 0 Å². The first-order valence-corrected chi connectivity index (χ1v) is 8.16. The number of allylic oxidation sites excluding steroid dienone is 2. The van der Waals surface area contributed by atoms with E-state index in [1.165, 1.54) is 18.4 Å². The lowest BCUT2D eigenvalue weighted by atomic mass is 9.80. The van der Waals surface area contributed by atoms with Crippen LogP contribution in [0.25, 0.3) is 0 Å². The molecule has 0 radical (unpaired) electrons. The Bertz CT molecular complexity index is 485. The Hall–Kier alpha value is -1.50. The number of ether oxygens (including phenoxy) is 1. The van der Waals surface area contributed by atoms with Gasteiger partial charge >= 0.3 is 0 Å². The Morgan fingerprint density at radius 3 is 2.57 bits per heavy atom. The summed E-state index contributed by atoms with van der Waals surface area (Å²) >= 11 is 0. The van der Waals surface area contributed by atoms with E-state index in [0.717, 1.165) is 18.6 Å². The zero-order valence-corrected chi connectivity index (χ0v) is 13.6. The average molecular weight is 284 g/mol. The molecule has 0 saturated carbocycles. The Labute approximate surface area is 129 Å². The normalized spacial score (nSPS) is 22.3. The minimum absolute atomic E-state index is 0.289. The number of benzene rings is 1. The molecular weight excluding hydrogens is 256 g/mol. The third-order valence-corrected chi connectivity index (χ3v) is 4.88. The molecule has 0 fully saturated rings. The van der Waals surface area contributed by atoms with Crippen LogP contribution in [0.4, 0.5) is 0 Å². The van der Waals surface area contributed by atoms with E-state index in [2.05, 4.69) is 63.8 Å². The quantitative estimate of drug-likeness (QED) is 0.593. The van der Waals surface area contributed by atoms with Crippen LogP contribution in [0.2, 0.25) is 0 Å². The lowest BCUT2D eigenvalue weighted by Crippen LogP contribution is -2.39. The molecule has 2 rings (SSSR count). The van der Waals surface area contributed by atoms with Crippen LogP contribution in [0.15, 0.2) is 49.1 Å².